The number of carbonyl (C=O) groups excluding carboxylic acids is 3. The highest BCUT2D eigenvalue weighted by atomic mass is 35.5. The second-order valence-electron chi connectivity index (χ2n) is 7.07. The van der Waals surface area contributed by atoms with Gasteiger partial charge in [-0.05, 0) is 37.1 Å². The van der Waals surface area contributed by atoms with Crippen LogP contribution in [0.1, 0.15) is 35.7 Å². The molecule has 0 aliphatic carbocycles. The summed E-state index contributed by atoms with van der Waals surface area (Å²) in [5, 5.41) is 13.2. The Hall–Kier alpha value is -3.46. The van der Waals surface area contributed by atoms with E-state index in [9.17, 15) is 24.5 Å². The summed E-state index contributed by atoms with van der Waals surface area (Å²) in [6, 6.07) is 10.3. The van der Waals surface area contributed by atoms with Crippen molar-refractivity contribution in [2.75, 3.05) is 11.9 Å². The molecule has 2 amide bonds. The van der Waals surface area contributed by atoms with Gasteiger partial charge in [-0.15, -0.1) is 0 Å². The summed E-state index contributed by atoms with van der Waals surface area (Å²) in [6.07, 6.45) is 0.296. The predicted molar refractivity (Wildman–Crippen MR) is 113 cm³/mol. The fourth-order valence-electron chi connectivity index (χ4n) is 3.07. The summed E-state index contributed by atoms with van der Waals surface area (Å²) >= 11 is 5.96. The Kier molecular flexibility index (Phi) is 6.86. The lowest BCUT2D eigenvalue weighted by atomic mass is 10.1. The molecule has 1 fully saturated rings. The number of nitro benzene ring substituents is 1. The van der Waals surface area contributed by atoms with E-state index in [0.717, 1.165) is 24.6 Å². The van der Waals surface area contributed by atoms with E-state index >= 15 is 0 Å². The molecule has 1 aliphatic rings. The minimum atomic E-state index is -1.12. The van der Waals surface area contributed by atoms with Crippen molar-refractivity contribution in [3.63, 3.8) is 0 Å². The largest absolute Gasteiger partial charge is 0.449 e. The first-order valence-electron chi connectivity index (χ1n) is 9.57. The fourth-order valence-corrected chi connectivity index (χ4v) is 3.30. The zero-order valence-corrected chi connectivity index (χ0v) is 17.4. The van der Waals surface area contributed by atoms with Crippen LogP contribution in [0.15, 0.2) is 42.5 Å². The van der Waals surface area contributed by atoms with Crippen LogP contribution in [0.2, 0.25) is 5.02 Å². The molecule has 3 rings (SSSR count). The van der Waals surface area contributed by atoms with Crippen LogP contribution >= 0.6 is 11.6 Å². The van der Waals surface area contributed by atoms with Gasteiger partial charge in [0.25, 0.3) is 11.6 Å². The van der Waals surface area contributed by atoms with Crippen molar-refractivity contribution in [1.29, 1.82) is 0 Å². The third-order valence-corrected chi connectivity index (χ3v) is 5.12. The smallest absolute Gasteiger partial charge is 0.338 e. The summed E-state index contributed by atoms with van der Waals surface area (Å²) < 4.78 is 5.20. The molecular formula is C21H20ClN3O6. The standard InChI is InChI=1S/C21H20ClN3O6/c1-13(20(27)23-18-9-8-16(25(29)30)11-17(18)22)31-21(28)15-6-4-14(5-7-15)12-24-10-2-3-19(24)26/h4-9,11,13H,2-3,10,12H2,1H3,(H,23,27). The molecule has 0 aromatic heterocycles. The fraction of sp³-hybridized carbons (Fsp3) is 0.286. The summed E-state index contributed by atoms with van der Waals surface area (Å²) in [7, 11) is 0. The van der Waals surface area contributed by atoms with E-state index in [-0.39, 0.29) is 27.9 Å². The summed E-state index contributed by atoms with van der Waals surface area (Å²) in [5.41, 5.74) is 1.12. The third kappa shape index (κ3) is 5.58. The monoisotopic (exact) mass is 445 g/mol. The molecule has 2 aromatic carbocycles. The molecule has 10 heteroatoms. The van der Waals surface area contributed by atoms with Crippen molar-refractivity contribution < 1.29 is 24.0 Å². The van der Waals surface area contributed by atoms with Crippen molar-refractivity contribution >= 4 is 40.8 Å². The van der Waals surface area contributed by atoms with Crippen molar-refractivity contribution in [1.82, 2.24) is 4.90 Å². The molecular weight excluding hydrogens is 426 g/mol. The van der Waals surface area contributed by atoms with Gasteiger partial charge in [0.15, 0.2) is 6.10 Å². The van der Waals surface area contributed by atoms with E-state index in [4.69, 9.17) is 16.3 Å². The number of hydrogen-bond acceptors (Lipinski definition) is 6. The van der Waals surface area contributed by atoms with Gasteiger partial charge in [0, 0.05) is 31.6 Å². The highest BCUT2D eigenvalue weighted by Gasteiger charge is 2.22. The summed E-state index contributed by atoms with van der Waals surface area (Å²) in [6.45, 7) is 2.62. The van der Waals surface area contributed by atoms with Crippen LogP contribution in [0.5, 0.6) is 0 Å². The second-order valence-corrected chi connectivity index (χ2v) is 7.48. The zero-order valence-electron chi connectivity index (χ0n) is 16.7. The first-order chi connectivity index (χ1) is 14.7. The van der Waals surface area contributed by atoms with Crippen LogP contribution in [0.25, 0.3) is 0 Å². The molecule has 0 spiro atoms. The Morgan fingerprint density at radius 2 is 1.97 bits per heavy atom. The highest BCUT2D eigenvalue weighted by molar-refractivity contribution is 6.34. The topological polar surface area (TPSA) is 119 Å². The highest BCUT2D eigenvalue weighted by Crippen LogP contribution is 2.27. The normalized spacial score (nSPS) is 14.3. The Morgan fingerprint density at radius 1 is 1.26 bits per heavy atom. The molecule has 162 valence electrons. The Bertz CT molecular complexity index is 1020. The van der Waals surface area contributed by atoms with Crippen molar-refractivity contribution in [3.05, 3.63) is 68.7 Å². The summed E-state index contributed by atoms with van der Waals surface area (Å²) in [4.78, 5) is 48.3. The quantitative estimate of drug-likeness (QED) is 0.395. The second kappa shape index (κ2) is 9.57. The van der Waals surface area contributed by atoms with E-state index in [0.29, 0.717) is 13.0 Å². The molecule has 1 saturated heterocycles. The van der Waals surface area contributed by atoms with Gasteiger partial charge >= 0.3 is 5.97 Å². The van der Waals surface area contributed by atoms with Gasteiger partial charge in [-0.3, -0.25) is 19.7 Å². The Balaban J connectivity index is 1.56. The van der Waals surface area contributed by atoms with Crippen LogP contribution < -0.4 is 5.32 Å². The number of hydrogen-bond donors (Lipinski definition) is 1. The van der Waals surface area contributed by atoms with Crippen LogP contribution in [0.4, 0.5) is 11.4 Å². The van der Waals surface area contributed by atoms with Crippen molar-refractivity contribution in [2.45, 2.75) is 32.4 Å². The number of rotatable bonds is 7. The lowest BCUT2D eigenvalue weighted by Gasteiger charge is -2.16. The van der Waals surface area contributed by atoms with Gasteiger partial charge in [-0.1, -0.05) is 23.7 Å². The number of non-ortho nitro benzene ring substituents is 1. The molecule has 2 aromatic rings. The maximum Gasteiger partial charge on any atom is 0.338 e. The number of esters is 1. The zero-order chi connectivity index (χ0) is 22.5. The SMILES string of the molecule is CC(OC(=O)c1ccc(CN2CCCC2=O)cc1)C(=O)Nc1ccc([N+](=O)[O-])cc1Cl. The number of nitro groups is 1. The molecule has 1 atom stereocenters. The lowest BCUT2D eigenvalue weighted by molar-refractivity contribution is -0.384. The van der Waals surface area contributed by atoms with Gasteiger partial charge in [-0.25, -0.2) is 4.79 Å². The minimum Gasteiger partial charge on any atom is -0.449 e. The number of halogens is 1. The molecule has 0 bridgehead atoms. The number of benzene rings is 2. The lowest BCUT2D eigenvalue weighted by Crippen LogP contribution is -2.30. The number of likely N-dealkylation sites (tertiary alicyclic amines) is 1. The summed E-state index contributed by atoms with van der Waals surface area (Å²) in [5.74, 6) is -1.19. The van der Waals surface area contributed by atoms with Gasteiger partial charge in [-0.2, -0.15) is 0 Å². The average molecular weight is 446 g/mol. The van der Waals surface area contributed by atoms with E-state index in [1.807, 2.05) is 0 Å². The number of carbonyl (C=O) groups is 3. The van der Waals surface area contributed by atoms with Crippen LogP contribution in [-0.2, 0) is 20.9 Å². The van der Waals surface area contributed by atoms with E-state index in [2.05, 4.69) is 5.32 Å². The Morgan fingerprint density at radius 3 is 2.55 bits per heavy atom. The maximum atomic E-state index is 12.3. The van der Waals surface area contributed by atoms with E-state index in [1.165, 1.54) is 19.1 Å². The van der Waals surface area contributed by atoms with Crippen molar-refractivity contribution in [2.24, 2.45) is 0 Å². The van der Waals surface area contributed by atoms with E-state index < -0.39 is 22.9 Å². The number of ether oxygens (including phenoxy) is 1. The first kappa shape index (κ1) is 22.2. The molecule has 1 aliphatic heterocycles. The first-order valence-corrected chi connectivity index (χ1v) is 9.95. The van der Waals surface area contributed by atoms with Crippen LogP contribution in [0, 0.1) is 10.1 Å². The number of nitrogens with zero attached hydrogens (tertiary/aromatic N) is 2. The third-order valence-electron chi connectivity index (χ3n) is 4.81. The number of anilines is 1. The average Bonchev–Trinajstić information content (AvgIpc) is 3.14. The molecule has 1 N–H and O–H groups in total. The predicted octanol–water partition coefficient (Wildman–Crippen LogP) is 3.55. The van der Waals surface area contributed by atoms with Gasteiger partial charge in [0.1, 0.15) is 0 Å². The van der Waals surface area contributed by atoms with E-state index in [1.54, 1.807) is 29.2 Å². The molecule has 9 nitrogen and oxygen atoms in total. The molecule has 1 unspecified atom stereocenters. The molecule has 31 heavy (non-hydrogen) atoms. The van der Waals surface area contributed by atoms with Crippen LogP contribution in [0.3, 0.4) is 0 Å². The Labute approximate surface area is 183 Å². The van der Waals surface area contributed by atoms with Gasteiger partial charge in [0.2, 0.25) is 5.91 Å². The molecule has 1 heterocycles. The maximum absolute atomic E-state index is 12.3. The van der Waals surface area contributed by atoms with Crippen LogP contribution in [-0.4, -0.2) is 40.3 Å². The van der Waals surface area contributed by atoms with Gasteiger partial charge < -0.3 is 15.0 Å². The molecule has 0 radical (unpaired) electrons. The molecule has 0 saturated carbocycles. The number of nitrogens with one attached hydrogen (secondary N) is 1. The van der Waals surface area contributed by atoms with Gasteiger partial charge in [0.05, 0.1) is 21.2 Å². The number of amides is 2. The minimum absolute atomic E-state index is 0.00634. The van der Waals surface area contributed by atoms with Crippen molar-refractivity contribution in [3.8, 4) is 0 Å².